The average molecular weight is 376 g/mol. The van der Waals surface area contributed by atoms with E-state index in [-0.39, 0.29) is 12.6 Å². The highest BCUT2D eigenvalue weighted by Crippen LogP contribution is 2.45. The lowest BCUT2D eigenvalue weighted by Gasteiger charge is -2.39. The van der Waals surface area contributed by atoms with E-state index >= 15 is 0 Å². The molecule has 6 heteroatoms. The number of carbonyl (C=O) groups is 1. The van der Waals surface area contributed by atoms with Gasteiger partial charge in [-0.1, -0.05) is 24.3 Å². The van der Waals surface area contributed by atoms with Gasteiger partial charge in [-0.25, -0.2) is 4.98 Å². The molecule has 4 rings (SSSR count). The molecule has 1 atom stereocenters. The van der Waals surface area contributed by atoms with E-state index in [0.29, 0.717) is 36.9 Å². The minimum Gasteiger partial charge on any atom is -0.392 e. The van der Waals surface area contributed by atoms with Gasteiger partial charge in [0.25, 0.3) is 0 Å². The van der Waals surface area contributed by atoms with Crippen molar-refractivity contribution in [3.8, 4) is 17.2 Å². The number of anilines is 1. The topological polar surface area (TPSA) is 80.5 Å². The third kappa shape index (κ3) is 3.34. The van der Waals surface area contributed by atoms with E-state index in [1.807, 2.05) is 37.3 Å². The van der Waals surface area contributed by atoms with Crippen molar-refractivity contribution in [3.05, 3.63) is 47.2 Å². The molecule has 0 spiro atoms. The molecule has 2 heterocycles. The SMILES string of the molecule is CC1CN(c2nc(C3CC3)c(-c3ccccc3CO)cc2C#N)CCN1C=O. The Balaban J connectivity index is 1.79. The number of amides is 1. The number of nitriles is 1. The van der Waals surface area contributed by atoms with Crippen molar-refractivity contribution in [2.24, 2.45) is 0 Å². The molecule has 1 unspecified atom stereocenters. The summed E-state index contributed by atoms with van der Waals surface area (Å²) >= 11 is 0. The van der Waals surface area contributed by atoms with Gasteiger partial charge in [0.15, 0.2) is 0 Å². The zero-order chi connectivity index (χ0) is 19.7. The summed E-state index contributed by atoms with van der Waals surface area (Å²) < 4.78 is 0. The van der Waals surface area contributed by atoms with Crippen LogP contribution in [-0.4, -0.2) is 47.1 Å². The number of pyridine rings is 1. The summed E-state index contributed by atoms with van der Waals surface area (Å²) in [5.74, 6) is 1.12. The molecule has 1 saturated carbocycles. The lowest BCUT2D eigenvalue weighted by atomic mass is 9.95. The second-order valence-electron chi connectivity index (χ2n) is 7.63. The molecule has 1 saturated heterocycles. The van der Waals surface area contributed by atoms with Crippen LogP contribution in [0.1, 0.15) is 42.5 Å². The maximum Gasteiger partial charge on any atom is 0.210 e. The van der Waals surface area contributed by atoms with Gasteiger partial charge in [0.05, 0.1) is 17.9 Å². The van der Waals surface area contributed by atoms with Gasteiger partial charge in [0.2, 0.25) is 6.41 Å². The van der Waals surface area contributed by atoms with Crippen LogP contribution >= 0.6 is 0 Å². The summed E-state index contributed by atoms with van der Waals surface area (Å²) in [5.41, 5.74) is 4.30. The van der Waals surface area contributed by atoms with Crippen molar-refractivity contribution in [2.75, 3.05) is 24.5 Å². The number of piperazine rings is 1. The Morgan fingerprint density at radius 2 is 2.07 bits per heavy atom. The number of hydrogen-bond donors (Lipinski definition) is 1. The second-order valence-corrected chi connectivity index (χ2v) is 7.63. The summed E-state index contributed by atoms with van der Waals surface area (Å²) in [6, 6.07) is 12.1. The molecular weight excluding hydrogens is 352 g/mol. The van der Waals surface area contributed by atoms with Crippen LogP contribution in [-0.2, 0) is 11.4 Å². The summed E-state index contributed by atoms with van der Waals surface area (Å²) in [5, 5.41) is 19.6. The van der Waals surface area contributed by atoms with Crippen molar-refractivity contribution in [3.63, 3.8) is 0 Å². The lowest BCUT2D eigenvalue weighted by molar-refractivity contribution is -0.120. The Hall–Kier alpha value is -2.91. The zero-order valence-electron chi connectivity index (χ0n) is 16.0. The first-order valence-electron chi connectivity index (χ1n) is 9.76. The molecule has 1 aliphatic heterocycles. The standard InChI is InChI=1S/C22H24N4O2/c1-15-12-25(8-9-26(15)14-28)22-18(11-23)10-20(21(24-22)16-6-7-16)19-5-3-2-4-17(19)13-27/h2-5,10,14-16,27H,6-9,12-13H2,1H3. The van der Waals surface area contributed by atoms with Crippen molar-refractivity contribution in [1.29, 1.82) is 5.26 Å². The van der Waals surface area contributed by atoms with E-state index in [9.17, 15) is 15.2 Å². The van der Waals surface area contributed by atoms with Gasteiger partial charge >= 0.3 is 0 Å². The minimum atomic E-state index is -0.0465. The molecule has 2 aromatic rings. The number of benzene rings is 1. The average Bonchev–Trinajstić information content (AvgIpc) is 3.58. The van der Waals surface area contributed by atoms with Gasteiger partial charge < -0.3 is 14.9 Å². The minimum absolute atomic E-state index is 0.0465. The van der Waals surface area contributed by atoms with Gasteiger partial charge in [-0.15, -0.1) is 0 Å². The molecule has 1 aliphatic carbocycles. The third-order valence-corrected chi connectivity index (χ3v) is 5.71. The van der Waals surface area contributed by atoms with Gasteiger partial charge in [0, 0.05) is 37.2 Å². The third-order valence-electron chi connectivity index (χ3n) is 5.71. The highest BCUT2D eigenvalue weighted by molar-refractivity contribution is 5.75. The Kier molecular flexibility index (Phi) is 5.01. The van der Waals surface area contributed by atoms with Crippen LogP contribution in [0.25, 0.3) is 11.1 Å². The van der Waals surface area contributed by atoms with E-state index < -0.39 is 0 Å². The monoisotopic (exact) mass is 376 g/mol. The van der Waals surface area contributed by atoms with Crippen LogP contribution in [0.2, 0.25) is 0 Å². The maximum atomic E-state index is 11.2. The fourth-order valence-electron chi connectivity index (χ4n) is 3.97. The Morgan fingerprint density at radius 3 is 2.71 bits per heavy atom. The highest BCUT2D eigenvalue weighted by Gasteiger charge is 2.32. The summed E-state index contributed by atoms with van der Waals surface area (Å²) in [6.07, 6.45) is 3.09. The van der Waals surface area contributed by atoms with Gasteiger partial charge in [0.1, 0.15) is 11.9 Å². The molecule has 0 radical (unpaired) electrons. The molecule has 1 amide bonds. The highest BCUT2D eigenvalue weighted by atomic mass is 16.3. The molecule has 2 fully saturated rings. The number of aliphatic hydroxyl groups excluding tert-OH is 1. The molecule has 6 nitrogen and oxygen atoms in total. The molecule has 1 aromatic heterocycles. The summed E-state index contributed by atoms with van der Waals surface area (Å²) in [7, 11) is 0. The number of hydrogen-bond acceptors (Lipinski definition) is 5. The molecule has 1 aromatic carbocycles. The van der Waals surface area contributed by atoms with E-state index in [0.717, 1.165) is 41.6 Å². The zero-order valence-corrected chi connectivity index (χ0v) is 16.0. The molecule has 1 N–H and O–H groups in total. The molecule has 2 aliphatic rings. The van der Waals surface area contributed by atoms with Crippen LogP contribution in [0.5, 0.6) is 0 Å². The second kappa shape index (κ2) is 7.61. The smallest absolute Gasteiger partial charge is 0.210 e. The Labute approximate surface area is 165 Å². The maximum absolute atomic E-state index is 11.2. The van der Waals surface area contributed by atoms with Gasteiger partial charge in [-0.2, -0.15) is 5.26 Å². The Morgan fingerprint density at radius 1 is 1.29 bits per heavy atom. The normalized spacial score (nSPS) is 19.4. The first-order chi connectivity index (χ1) is 13.7. The van der Waals surface area contributed by atoms with Crippen molar-refractivity contribution < 1.29 is 9.90 Å². The first kappa shape index (κ1) is 18.5. The molecule has 0 bridgehead atoms. The lowest BCUT2D eigenvalue weighted by Crippen LogP contribution is -2.51. The fraction of sp³-hybridized carbons (Fsp3) is 0.409. The quantitative estimate of drug-likeness (QED) is 0.812. The number of carbonyl (C=O) groups excluding carboxylic acids is 1. The number of rotatable bonds is 5. The molecule has 28 heavy (non-hydrogen) atoms. The largest absolute Gasteiger partial charge is 0.392 e. The van der Waals surface area contributed by atoms with Crippen LogP contribution in [0, 0.1) is 11.3 Å². The van der Waals surface area contributed by atoms with Crippen LogP contribution < -0.4 is 4.90 Å². The van der Waals surface area contributed by atoms with Gasteiger partial charge in [-0.3, -0.25) is 4.79 Å². The number of aromatic nitrogens is 1. The summed E-state index contributed by atoms with van der Waals surface area (Å²) in [6.45, 7) is 3.93. The van der Waals surface area contributed by atoms with Crippen LogP contribution in [0.15, 0.2) is 30.3 Å². The fourth-order valence-corrected chi connectivity index (χ4v) is 3.97. The number of aliphatic hydroxyl groups is 1. The predicted molar refractivity (Wildman–Crippen MR) is 107 cm³/mol. The first-order valence-corrected chi connectivity index (χ1v) is 9.76. The van der Waals surface area contributed by atoms with E-state index in [4.69, 9.17) is 4.98 Å². The Bertz CT molecular complexity index is 933. The molecular formula is C22H24N4O2. The van der Waals surface area contributed by atoms with Crippen LogP contribution in [0.3, 0.4) is 0 Å². The van der Waals surface area contributed by atoms with Crippen LogP contribution in [0.4, 0.5) is 5.82 Å². The van der Waals surface area contributed by atoms with Crippen molar-refractivity contribution in [2.45, 2.75) is 38.3 Å². The van der Waals surface area contributed by atoms with Crippen molar-refractivity contribution in [1.82, 2.24) is 9.88 Å². The van der Waals surface area contributed by atoms with Crippen molar-refractivity contribution >= 4 is 12.2 Å². The van der Waals surface area contributed by atoms with E-state index in [1.54, 1.807) is 4.90 Å². The predicted octanol–water partition coefficient (Wildman–Crippen LogP) is 2.66. The van der Waals surface area contributed by atoms with E-state index in [2.05, 4.69) is 11.0 Å². The molecule has 144 valence electrons. The van der Waals surface area contributed by atoms with E-state index in [1.165, 1.54) is 0 Å². The number of nitrogens with zero attached hydrogens (tertiary/aromatic N) is 4. The van der Waals surface area contributed by atoms with Gasteiger partial charge in [-0.05, 0) is 37.0 Å². The summed E-state index contributed by atoms with van der Waals surface area (Å²) in [4.78, 5) is 20.1.